The fraction of sp³-hybridized carbons (Fsp3) is 0.370. The Hall–Kier alpha value is -4.33. The molecule has 2 N–H and O–H groups in total. The number of rotatable bonds is 7. The van der Waals surface area contributed by atoms with Crippen LogP contribution in [0.4, 0.5) is 28.0 Å². The number of benzene rings is 2. The van der Waals surface area contributed by atoms with Crippen LogP contribution in [0.5, 0.6) is 0 Å². The molecule has 1 aliphatic carbocycles. The van der Waals surface area contributed by atoms with Crippen molar-refractivity contribution in [3.05, 3.63) is 65.0 Å². The topological polar surface area (TPSA) is 130 Å². The van der Waals surface area contributed by atoms with Crippen LogP contribution in [0.15, 0.2) is 42.5 Å². The summed E-state index contributed by atoms with van der Waals surface area (Å²) in [5, 5.41) is 0. The fourth-order valence-corrected chi connectivity index (χ4v) is 5.00. The zero-order chi connectivity index (χ0) is 30.3. The molecule has 2 aromatic carbocycles. The van der Waals surface area contributed by atoms with Crippen LogP contribution in [0.2, 0.25) is 0 Å². The van der Waals surface area contributed by atoms with Crippen LogP contribution in [-0.4, -0.2) is 64.8 Å². The van der Waals surface area contributed by atoms with Gasteiger partial charge in [-0.25, -0.2) is 19.0 Å². The van der Waals surface area contributed by atoms with Gasteiger partial charge in [0.25, 0.3) is 5.91 Å². The maximum absolute atomic E-state index is 13.6. The number of nitrogens with zero attached hydrogens (tertiary/aromatic N) is 3. The number of nitrogens with two attached hydrogens (primary N) is 1. The Bertz CT molecular complexity index is 1410. The van der Waals surface area contributed by atoms with Gasteiger partial charge in [0.1, 0.15) is 18.4 Å². The third-order valence-electron chi connectivity index (χ3n) is 7.16. The number of hydrogen-bond acceptors (Lipinski definition) is 7. The van der Waals surface area contributed by atoms with Gasteiger partial charge in [-0.2, -0.15) is 13.2 Å². The number of imide groups is 2. The van der Waals surface area contributed by atoms with Crippen LogP contribution < -0.4 is 10.6 Å². The summed E-state index contributed by atoms with van der Waals surface area (Å²) in [7, 11) is 0. The number of carbonyl (C=O) groups is 5. The van der Waals surface area contributed by atoms with Gasteiger partial charge in [-0.3, -0.25) is 19.2 Å². The van der Waals surface area contributed by atoms with Crippen LogP contribution in [0, 0.1) is 5.82 Å². The third kappa shape index (κ3) is 5.51. The predicted octanol–water partition coefficient (Wildman–Crippen LogP) is 2.76. The lowest BCUT2D eigenvalue weighted by molar-refractivity contribution is -0.187. The molecular weight excluding hydrogens is 552 g/mol. The lowest BCUT2D eigenvalue weighted by Crippen LogP contribution is -2.51. The Morgan fingerprint density at radius 2 is 1.76 bits per heavy atom. The molecule has 41 heavy (non-hydrogen) atoms. The van der Waals surface area contributed by atoms with Gasteiger partial charge >= 0.3 is 12.3 Å². The van der Waals surface area contributed by atoms with E-state index in [1.807, 2.05) is 0 Å². The van der Waals surface area contributed by atoms with Crippen molar-refractivity contribution in [1.82, 2.24) is 9.80 Å². The van der Waals surface area contributed by atoms with Crippen LogP contribution in [0.3, 0.4) is 0 Å². The van der Waals surface area contributed by atoms with Gasteiger partial charge in [-0.15, -0.1) is 0 Å². The maximum Gasteiger partial charge on any atom is 0.418 e. The summed E-state index contributed by atoms with van der Waals surface area (Å²) >= 11 is 0. The molecule has 4 rings (SSSR count). The summed E-state index contributed by atoms with van der Waals surface area (Å²) in [6.45, 7) is -0.0553. The number of carbonyl (C=O) groups excluding carboxylic acids is 5. The average molecular weight is 579 g/mol. The second-order valence-electron chi connectivity index (χ2n) is 9.75. The zero-order valence-corrected chi connectivity index (χ0v) is 22.0. The summed E-state index contributed by atoms with van der Waals surface area (Å²) in [4.78, 5) is 65.5. The van der Waals surface area contributed by atoms with Crippen LogP contribution >= 0.6 is 0 Å². The van der Waals surface area contributed by atoms with Crippen LogP contribution in [-0.2, 0) is 42.5 Å². The van der Waals surface area contributed by atoms with Crippen LogP contribution in [0.1, 0.15) is 37.0 Å². The van der Waals surface area contributed by atoms with Crippen molar-refractivity contribution in [2.45, 2.75) is 51.1 Å². The number of hydrogen-bond donors (Lipinski definition) is 1. The van der Waals surface area contributed by atoms with E-state index in [4.69, 9.17) is 10.5 Å². The number of aryl methyl sites for hydroxylation is 1. The number of anilines is 1. The maximum atomic E-state index is 13.6. The Kier molecular flexibility index (Phi) is 7.89. The summed E-state index contributed by atoms with van der Waals surface area (Å²) in [6, 6.07) is 6.52. The first-order chi connectivity index (χ1) is 19.2. The fourth-order valence-electron chi connectivity index (χ4n) is 5.00. The molecule has 1 spiro atoms. The second-order valence-corrected chi connectivity index (χ2v) is 9.75. The minimum Gasteiger partial charge on any atom is -0.427 e. The highest BCUT2D eigenvalue weighted by atomic mass is 19.4. The van der Waals surface area contributed by atoms with E-state index in [0.29, 0.717) is 15.4 Å². The van der Waals surface area contributed by atoms with Gasteiger partial charge in [0, 0.05) is 25.5 Å². The molecule has 1 fully saturated rings. The molecule has 2 atom stereocenters. The minimum atomic E-state index is -4.83. The molecule has 5 amide bonds. The van der Waals surface area contributed by atoms with Crippen molar-refractivity contribution in [2.24, 2.45) is 5.73 Å². The molecule has 10 nitrogen and oxygen atoms in total. The quantitative estimate of drug-likeness (QED) is 0.500. The molecular formula is C27H26F4N4O6. The Morgan fingerprint density at radius 3 is 2.34 bits per heavy atom. The molecule has 0 unspecified atom stereocenters. The number of alkyl halides is 3. The second kappa shape index (κ2) is 10.9. The zero-order valence-electron chi connectivity index (χ0n) is 22.0. The molecule has 218 valence electrons. The molecule has 0 aromatic heterocycles. The molecule has 0 radical (unpaired) electrons. The standard InChI is InChI=1S/C27H26F4N4O6/c1-15(27(29,30)31)33(13-17-3-5-19(28)6-4-17)23(38)14-34-24(39)26(41-25(34)40)10-9-18-11-20(7-8-21(18)26)35(16(2)36)22(37)12-32/h3-8,11,15H,9-10,12-14,32H2,1-2H3/t15-,26+/m0/s1. The van der Waals surface area contributed by atoms with Crippen LogP contribution in [0.25, 0.3) is 0 Å². The summed E-state index contributed by atoms with van der Waals surface area (Å²) < 4.78 is 59.6. The van der Waals surface area contributed by atoms with E-state index in [9.17, 15) is 41.5 Å². The smallest absolute Gasteiger partial charge is 0.418 e. The number of halogens is 4. The molecule has 1 heterocycles. The Balaban J connectivity index is 1.59. The van der Waals surface area contributed by atoms with Crippen molar-refractivity contribution in [2.75, 3.05) is 18.0 Å². The predicted molar refractivity (Wildman–Crippen MR) is 134 cm³/mol. The van der Waals surface area contributed by atoms with Crippen molar-refractivity contribution >= 4 is 35.4 Å². The monoisotopic (exact) mass is 578 g/mol. The van der Waals surface area contributed by atoms with E-state index in [-0.39, 0.29) is 29.7 Å². The highest BCUT2D eigenvalue weighted by Crippen LogP contribution is 2.46. The lowest BCUT2D eigenvalue weighted by Gasteiger charge is -2.31. The van der Waals surface area contributed by atoms with Gasteiger partial charge < -0.3 is 15.4 Å². The third-order valence-corrected chi connectivity index (χ3v) is 7.16. The molecule has 2 aromatic rings. The van der Waals surface area contributed by atoms with Crippen molar-refractivity contribution < 1.29 is 46.3 Å². The van der Waals surface area contributed by atoms with Crippen molar-refractivity contribution in [3.8, 4) is 0 Å². The number of ether oxygens (including phenoxy) is 1. The van der Waals surface area contributed by atoms with E-state index in [2.05, 4.69) is 0 Å². The first-order valence-corrected chi connectivity index (χ1v) is 12.5. The van der Waals surface area contributed by atoms with E-state index in [1.165, 1.54) is 37.3 Å². The highest BCUT2D eigenvalue weighted by Gasteiger charge is 2.58. The van der Waals surface area contributed by atoms with Gasteiger partial charge in [0.05, 0.1) is 12.2 Å². The van der Waals surface area contributed by atoms with Gasteiger partial charge in [0.2, 0.25) is 23.3 Å². The largest absolute Gasteiger partial charge is 0.427 e. The molecule has 0 bridgehead atoms. The highest BCUT2D eigenvalue weighted by molar-refractivity contribution is 6.15. The molecule has 14 heteroatoms. The normalized spacial score (nSPS) is 18.8. The molecule has 2 aliphatic rings. The summed E-state index contributed by atoms with van der Waals surface area (Å²) in [5.74, 6) is -3.95. The van der Waals surface area contributed by atoms with Crippen molar-refractivity contribution in [3.63, 3.8) is 0 Å². The van der Waals surface area contributed by atoms with E-state index in [1.54, 1.807) is 0 Å². The lowest BCUT2D eigenvalue weighted by atomic mass is 9.94. The Labute approximate surface area is 231 Å². The van der Waals surface area contributed by atoms with E-state index in [0.717, 1.165) is 24.0 Å². The summed E-state index contributed by atoms with van der Waals surface area (Å²) in [6.07, 6.45) is -5.85. The van der Waals surface area contributed by atoms with Crippen molar-refractivity contribution in [1.29, 1.82) is 0 Å². The number of fused-ring (bicyclic) bond motifs is 2. The van der Waals surface area contributed by atoms with E-state index >= 15 is 0 Å². The SMILES string of the molecule is CC(=O)N(C(=O)CN)c1ccc2c(c1)CC[C@@]21OC(=O)N(CC(=O)N(Cc2ccc(F)cc2)[C@@H](C)C(F)(F)F)C1=O. The molecule has 1 aliphatic heterocycles. The Morgan fingerprint density at radius 1 is 1.10 bits per heavy atom. The average Bonchev–Trinajstić information content (AvgIpc) is 3.38. The van der Waals surface area contributed by atoms with Gasteiger partial charge in [-0.1, -0.05) is 18.2 Å². The first-order valence-electron chi connectivity index (χ1n) is 12.5. The summed E-state index contributed by atoms with van der Waals surface area (Å²) in [5.41, 5.74) is 4.75. The first kappa shape index (κ1) is 29.6. The van der Waals surface area contributed by atoms with Gasteiger partial charge in [-0.05, 0) is 48.7 Å². The molecule has 1 saturated heterocycles. The number of amides is 5. The van der Waals surface area contributed by atoms with E-state index < -0.39 is 73.0 Å². The molecule has 0 saturated carbocycles. The minimum absolute atomic E-state index is 0.0236. The van der Waals surface area contributed by atoms with Gasteiger partial charge in [0.15, 0.2) is 0 Å².